The lowest BCUT2D eigenvalue weighted by Gasteiger charge is -2.17. The summed E-state index contributed by atoms with van der Waals surface area (Å²) >= 11 is 0. The van der Waals surface area contributed by atoms with Gasteiger partial charge in [0.05, 0.1) is 6.04 Å². The average molecular weight is 297 g/mol. The molecule has 0 spiro atoms. The molecule has 2 rings (SSSR count). The Morgan fingerprint density at radius 2 is 1.82 bits per heavy atom. The van der Waals surface area contributed by atoms with Crippen LogP contribution in [0.2, 0.25) is 0 Å². The molecule has 0 heterocycles. The van der Waals surface area contributed by atoms with Gasteiger partial charge >= 0.3 is 0 Å². The molecule has 0 aromatic heterocycles. The van der Waals surface area contributed by atoms with E-state index in [0.29, 0.717) is 0 Å². The number of nitrogens with one attached hydrogen (secondary N) is 1. The van der Waals surface area contributed by atoms with Crippen LogP contribution in [0.1, 0.15) is 35.2 Å². The highest BCUT2D eigenvalue weighted by atomic mass is 16.5. The molecule has 22 heavy (non-hydrogen) atoms. The highest BCUT2D eigenvalue weighted by Gasteiger charge is 2.12. The van der Waals surface area contributed by atoms with Crippen molar-refractivity contribution < 1.29 is 9.53 Å². The number of rotatable bonds is 5. The Balaban J connectivity index is 1.93. The zero-order valence-electron chi connectivity index (χ0n) is 13.6. The second kappa shape index (κ2) is 7.12. The van der Waals surface area contributed by atoms with Crippen LogP contribution >= 0.6 is 0 Å². The summed E-state index contributed by atoms with van der Waals surface area (Å²) in [7, 11) is 0. The summed E-state index contributed by atoms with van der Waals surface area (Å²) in [4.78, 5) is 12.1. The van der Waals surface area contributed by atoms with E-state index >= 15 is 0 Å². The number of hydrogen-bond acceptors (Lipinski definition) is 2. The SMILES string of the molecule is Cc1ccc(C(C)NC(=O)COc2ccccc2C)c(C)c1. The van der Waals surface area contributed by atoms with E-state index in [1.54, 1.807) is 0 Å². The highest BCUT2D eigenvalue weighted by Crippen LogP contribution is 2.19. The predicted molar refractivity (Wildman–Crippen MR) is 89.1 cm³/mol. The normalized spacial score (nSPS) is 11.8. The molecule has 0 aliphatic heterocycles. The van der Waals surface area contributed by atoms with Gasteiger partial charge in [0, 0.05) is 0 Å². The fraction of sp³-hybridized carbons (Fsp3) is 0.316. The molecule has 0 saturated carbocycles. The Morgan fingerprint density at radius 1 is 1.09 bits per heavy atom. The summed E-state index contributed by atoms with van der Waals surface area (Å²) in [6, 6.07) is 13.9. The summed E-state index contributed by atoms with van der Waals surface area (Å²) in [5.41, 5.74) is 4.57. The third kappa shape index (κ3) is 4.10. The van der Waals surface area contributed by atoms with Crippen LogP contribution in [-0.2, 0) is 4.79 Å². The molecule has 0 aliphatic rings. The fourth-order valence-corrected chi connectivity index (χ4v) is 2.53. The minimum Gasteiger partial charge on any atom is -0.484 e. The number of carbonyl (C=O) groups excluding carboxylic acids is 1. The second-order valence-electron chi connectivity index (χ2n) is 5.70. The topological polar surface area (TPSA) is 38.3 Å². The molecule has 1 amide bonds. The van der Waals surface area contributed by atoms with Crippen LogP contribution in [0, 0.1) is 20.8 Å². The number of para-hydroxylation sites is 1. The van der Waals surface area contributed by atoms with E-state index in [2.05, 4.69) is 37.4 Å². The van der Waals surface area contributed by atoms with E-state index in [9.17, 15) is 4.79 Å². The van der Waals surface area contributed by atoms with Crippen molar-refractivity contribution in [3.05, 3.63) is 64.7 Å². The smallest absolute Gasteiger partial charge is 0.258 e. The average Bonchev–Trinajstić information content (AvgIpc) is 2.46. The van der Waals surface area contributed by atoms with Crippen molar-refractivity contribution in [1.82, 2.24) is 5.32 Å². The van der Waals surface area contributed by atoms with Gasteiger partial charge in [0.2, 0.25) is 0 Å². The number of aryl methyl sites for hydroxylation is 3. The van der Waals surface area contributed by atoms with Crippen molar-refractivity contribution in [2.45, 2.75) is 33.7 Å². The van der Waals surface area contributed by atoms with Gasteiger partial charge in [0.1, 0.15) is 5.75 Å². The van der Waals surface area contributed by atoms with Crippen LogP contribution in [0.15, 0.2) is 42.5 Å². The van der Waals surface area contributed by atoms with Gasteiger partial charge in [-0.2, -0.15) is 0 Å². The van der Waals surface area contributed by atoms with Crippen LogP contribution in [0.4, 0.5) is 0 Å². The number of ether oxygens (including phenoxy) is 1. The van der Waals surface area contributed by atoms with Crippen LogP contribution in [0.25, 0.3) is 0 Å². The molecule has 3 heteroatoms. The van der Waals surface area contributed by atoms with Crippen LogP contribution < -0.4 is 10.1 Å². The summed E-state index contributed by atoms with van der Waals surface area (Å²) < 4.78 is 5.57. The van der Waals surface area contributed by atoms with Crippen molar-refractivity contribution in [3.8, 4) is 5.75 Å². The first-order valence-electron chi connectivity index (χ1n) is 7.52. The summed E-state index contributed by atoms with van der Waals surface area (Å²) in [5.74, 6) is 0.632. The van der Waals surface area contributed by atoms with Crippen LogP contribution in [0.3, 0.4) is 0 Å². The van der Waals surface area contributed by atoms with Crippen molar-refractivity contribution in [3.63, 3.8) is 0 Å². The number of carbonyl (C=O) groups is 1. The first-order valence-corrected chi connectivity index (χ1v) is 7.52. The van der Waals surface area contributed by atoms with Gasteiger partial charge in [-0.1, -0.05) is 42.0 Å². The summed E-state index contributed by atoms with van der Waals surface area (Å²) in [5, 5.41) is 2.98. The van der Waals surface area contributed by atoms with E-state index in [-0.39, 0.29) is 18.6 Å². The molecule has 1 atom stereocenters. The monoisotopic (exact) mass is 297 g/mol. The van der Waals surface area contributed by atoms with E-state index in [1.807, 2.05) is 38.1 Å². The number of amides is 1. The fourth-order valence-electron chi connectivity index (χ4n) is 2.53. The van der Waals surface area contributed by atoms with Gasteiger partial charge in [-0.3, -0.25) is 4.79 Å². The molecular formula is C19H23NO2. The van der Waals surface area contributed by atoms with E-state index in [1.165, 1.54) is 11.1 Å². The van der Waals surface area contributed by atoms with Gasteiger partial charge in [-0.15, -0.1) is 0 Å². The maximum absolute atomic E-state index is 12.1. The molecule has 0 radical (unpaired) electrons. The van der Waals surface area contributed by atoms with Crippen molar-refractivity contribution in [1.29, 1.82) is 0 Å². The molecule has 0 bridgehead atoms. The molecule has 0 saturated heterocycles. The molecule has 116 valence electrons. The third-order valence-corrected chi connectivity index (χ3v) is 3.72. The Morgan fingerprint density at radius 3 is 2.50 bits per heavy atom. The Kier molecular flexibility index (Phi) is 5.21. The van der Waals surface area contributed by atoms with Crippen LogP contribution in [-0.4, -0.2) is 12.5 Å². The summed E-state index contributed by atoms with van der Waals surface area (Å²) in [6.07, 6.45) is 0. The first kappa shape index (κ1) is 16.1. The quantitative estimate of drug-likeness (QED) is 0.910. The van der Waals surface area contributed by atoms with Crippen molar-refractivity contribution in [2.24, 2.45) is 0 Å². The van der Waals surface area contributed by atoms with Crippen LogP contribution in [0.5, 0.6) is 5.75 Å². The second-order valence-corrected chi connectivity index (χ2v) is 5.70. The third-order valence-electron chi connectivity index (χ3n) is 3.72. The molecule has 2 aromatic carbocycles. The molecule has 1 unspecified atom stereocenters. The van der Waals surface area contributed by atoms with Gasteiger partial charge in [-0.05, 0) is 50.5 Å². The number of hydrogen-bond donors (Lipinski definition) is 1. The number of benzene rings is 2. The Bertz CT molecular complexity index is 664. The molecule has 0 fully saturated rings. The molecule has 0 aliphatic carbocycles. The van der Waals surface area contributed by atoms with Gasteiger partial charge in [0.25, 0.3) is 5.91 Å². The van der Waals surface area contributed by atoms with Crippen molar-refractivity contribution in [2.75, 3.05) is 6.61 Å². The van der Waals surface area contributed by atoms with Gasteiger partial charge in [-0.25, -0.2) is 0 Å². The first-order chi connectivity index (χ1) is 10.5. The maximum atomic E-state index is 12.1. The zero-order chi connectivity index (χ0) is 16.1. The standard InChI is InChI=1S/C19H23NO2/c1-13-9-10-17(15(3)11-13)16(4)20-19(21)12-22-18-8-6-5-7-14(18)2/h5-11,16H,12H2,1-4H3,(H,20,21). The largest absolute Gasteiger partial charge is 0.484 e. The van der Waals surface area contributed by atoms with E-state index in [0.717, 1.165) is 16.9 Å². The lowest BCUT2D eigenvalue weighted by Crippen LogP contribution is -2.31. The van der Waals surface area contributed by atoms with Gasteiger partial charge in [0.15, 0.2) is 6.61 Å². The minimum atomic E-state index is -0.115. The van der Waals surface area contributed by atoms with E-state index in [4.69, 9.17) is 4.74 Å². The summed E-state index contributed by atoms with van der Waals surface area (Å²) in [6.45, 7) is 8.11. The molecule has 3 nitrogen and oxygen atoms in total. The lowest BCUT2D eigenvalue weighted by molar-refractivity contribution is -0.123. The van der Waals surface area contributed by atoms with E-state index < -0.39 is 0 Å². The minimum absolute atomic E-state index is 0.0279. The Hall–Kier alpha value is -2.29. The Labute approximate surface area is 132 Å². The molecule has 2 aromatic rings. The van der Waals surface area contributed by atoms with Crippen molar-refractivity contribution >= 4 is 5.91 Å². The highest BCUT2D eigenvalue weighted by molar-refractivity contribution is 5.78. The molecule has 1 N–H and O–H groups in total. The lowest BCUT2D eigenvalue weighted by atomic mass is 10.0. The van der Waals surface area contributed by atoms with Gasteiger partial charge < -0.3 is 10.1 Å². The molecular weight excluding hydrogens is 274 g/mol. The zero-order valence-corrected chi connectivity index (χ0v) is 13.6. The predicted octanol–water partition coefficient (Wildman–Crippen LogP) is 3.87. The maximum Gasteiger partial charge on any atom is 0.258 e.